The average Bonchev–Trinajstić information content (AvgIpc) is 2.37. The third-order valence-corrected chi connectivity index (χ3v) is 2.98. The largest absolute Gasteiger partial charge is 0.493 e. The molecule has 1 aromatic rings. The van der Waals surface area contributed by atoms with E-state index in [-0.39, 0.29) is 6.61 Å². The summed E-state index contributed by atoms with van der Waals surface area (Å²) in [6, 6.07) is 5.21. The van der Waals surface area contributed by atoms with E-state index in [9.17, 15) is 0 Å². The lowest BCUT2D eigenvalue weighted by Crippen LogP contribution is -2.20. The predicted octanol–water partition coefficient (Wildman–Crippen LogP) is 4.32. The van der Waals surface area contributed by atoms with Gasteiger partial charge in [0, 0.05) is 0 Å². The summed E-state index contributed by atoms with van der Waals surface area (Å²) >= 11 is 17.8. The molecule has 0 aliphatic rings. The minimum Gasteiger partial charge on any atom is -0.493 e. The van der Waals surface area contributed by atoms with Crippen molar-refractivity contribution in [2.24, 2.45) is 0 Å². The molecule has 106 valence electrons. The fourth-order valence-electron chi connectivity index (χ4n) is 1.56. The molecular formula is C13H15Cl3O3. The molecule has 0 N–H and O–H groups in total. The van der Waals surface area contributed by atoms with Crippen LogP contribution in [0.25, 0.3) is 0 Å². The molecule has 0 aromatic heterocycles. The maximum atomic E-state index is 5.94. The lowest BCUT2D eigenvalue weighted by Gasteiger charge is -2.25. The van der Waals surface area contributed by atoms with Gasteiger partial charge in [-0.25, -0.2) is 0 Å². The van der Waals surface area contributed by atoms with Crippen LogP contribution in [0.2, 0.25) is 0 Å². The number of benzene rings is 1. The van der Waals surface area contributed by atoms with Crippen LogP contribution >= 0.6 is 34.8 Å². The zero-order chi connectivity index (χ0) is 14.5. The summed E-state index contributed by atoms with van der Waals surface area (Å²) in [6.45, 7) is 3.84. The molecule has 3 nitrogen and oxygen atoms in total. The average molecular weight is 326 g/mol. The van der Waals surface area contributed by atoms with E-state index in [2.05, 4.69) is 6.58 Å². The summed E-state index contributed by atoms with van der Waals surface area (Å²) in [6.07, 6.45) is 0.861. The number of rotatable bonds is 6. The molecule has 0 aliphatic heterocycles. The summed E-state index contributed by atoms with van der Waals surface area (Å²) in [5.74, 6) is 1.14. The Morgan fingerprint density at radius 2 is 1.84 bits per heavy atom. The van der Waals surface area contributed by atoms with Gasteiger partial charge in [-0.3, -0.25) is 0 Å². The summed E-state index contributed by atoms with van der Waals surface area (Å²) in [7, 11) is 3.09. The van der Waals surface area contributed by atoms with Crippen LogP contribution in [-0.4, -0.2) is 24.6 Å². The monoisotopic (exact) mass is 324 g/mol. The zero-order valence-corrected chi connectivity index (χ0v) is 12.9. The van der Waals surface area contributed by atoms with E-state index in [1.165, 1.54) is 7.11 Å². The number of hydrogen-bond acceptors (Lipinski definition) is 3. The molecule has 1 rings (SSSR count). The van der Waals surface area contributed by atoms with Gasteiger partial charge in [-0.15, -0.1) is 6.58 Å². The fourth-order valence-corrected chi connectivity index (χ4v) is 2.13. The normalized spacial score (nSPS) is 12.9. The van der Waals surface area contributed by atoms with Gasteiger partial charge in [0.25, 0.3) is 0 Å². The lowest BCUT2D eigenvalue weighted by molar-refractivity contribution is 0.0770. The van der Waals surface area contributed by atoms with Crippen molar-refractivity contribution >= 4 is 34.8 Å². The minimum atomic E-state index is -1.59. The number of halogens is 3. The van der Waals surface area contributed by atoms with Gasteiger partial charge in [-0.1, -0.05) is 46.9 Å². The van der Waals surface area contributed by atoms with Gasteiger partial charge < -0.3 is 14.2 Å². The number of hydrogen-bond donors (Lipinski definition) is 0. The Kier molecular flexibility index (Phi) is 6.27. The molecule has 1 atom stereocenters. The second kappa shape index (κ2) is 7.25. The maximum Gasteiger partial charge on any atom is 0.220 e. The first kappa shape index (κ1) is 16.4. The van der Waals surface area contributed by atoms with Gasteiger partial charge in [-0.05, 0) is 17.7 Å². The Bertz CT molecular complexity index is 430. The molecule has 0 radical (unpaired) electrons. The predicted molar refractivity (Wildman–Crippen MR) is 78.7 cm³/mol. The quantitative estimate of drug-likeness (QED) is 0.576. The molecule has 19 heavy (non-hydrogen) atoms. The van der Waals surface area contributed by atoms with Crippen molar-refractivity contribution in [1.82, 2.24) is 0 Å². The van der Waals surface area contributed by atoms with Crippen LogP contribution in [0.5, 0.6) is 11.5 Å². The van der Waals surface area contributed by atoms with Crippen molar-refractivity contribution in [2.75, 3.05) is 20.8 Å². The van der Waals surface area contributed by atoms with E-state index in [0.29, 0.717) is 17.1 Å². The van der Waals surface area contributed by atoms with Crippen molar-refractivity contribution in [3.05, 3.63) is 36.4 Å². The first-order valence-corrected chi connectivity index (χ1v) is 6.58. The zero-order valence-electron chi connectivity index (χ0n) is 10.7. The molecule has 0 fully saturated rings. The Hall–Kier alpha value is -0.610. The van der Waals surface area contributed by atoms with Gasteiger partial charge in [0.05, 0.1) is 20.8 Å². The SMILES string of the molecule is C=CCOC(c1ccc(OC)c(OC)c1)C(Cl)(Cl)Cl. The highest BCUT2D eigenvalue weighted by Crippen LogP contribution is 2.44. The standard InChI is InChI=1S/C13H15Cl3O3/c1-4-7-19-12(13(14,15)16)9-5-6-10(17-2)11(8-9)18-3/h4-6,8,12H,1,7H2,2-3H3. The number of methoxy groups -OCH3 is 2. The van der Waals surface area contributed by atoms with Gasteiger partial charge in [0.1, 0.15) is 6.10 Å². The fraction of sp³-hybridized carbons (Fsp3) is 0.385. The molecule has 0 bridgehead atoms. The minimum absolute atomic E-state index is 0.271. The van der Waals surface area contributed by atoms with E-state index in [4.69, 9.17) is 49.0 Å². The van der Waals surface area contributed by atoms with Crippen LogP contribution in [0.4, 0.5) is 0 Å². The Morgan fingerprint density at radius 1 is 1.21 bits per heavy atom. The van der Waals surface area contributed by atoms with E-state index in [1.54, 1.807) is 31.4 Å². The topological polar surface area (TPSA) is 27.7 Å². The van der Waals surface area contributed by atoms with Crippen LogP contribution in [0, 0.1) is 0 Å². The number of alkyl halides is 3. The molecule has 1 aromatic carbocycles. The molecule has 0 aliphatic carbocycles. The first-order valence-electron chi connectivity index (χ1n) is 5.45. The summed E-state index contributed by atoms with van der Waals surface area (Å²) in [5, 5.41) is 0. The lowest BCUT2D eigenvalue weighted by atomic mass is 10.1. The molecule has 1 unspecified atom stereocenters. The Labute approximate surface area is 128 Å². The van der Waals surface area contributed by atoms with Gasteiger partial charge in [0.2, 0.25) is 3.79 Å². The van der Waals surface area contributed by atoms with E-state index < -0.39 is 9.90 Å². The maximum absolute atomic E-state index is 5.94. The summed E-state index contributed by atoms with van der Waals surface area (Å²) in [4.78, 5) is 0. The Morgan fingerprint density at radius 3 is 2.32 bits per heavy atom. The van der Waals surface area contributed by atoms with Crippen molar-refractivity contribution < 1.29 is 14.2 Å². The highest BCUT2D eigenvalue weighted by atomic mass is 35.6. The summed E-state index contributed by atoms with van der Waals surface area (Å²) in [5.41, 5.74) is 0.680. The van der Waals surface area contributed by atoms with Crippen LogP contribution in [0.15, 0.2) is 30.9 Å². The second-order valence-electron chi connectivity index (χ2n) is 3.66. The highest BCUT2D eigenvalue weighted by Gasteiger charge is 2.35. The van der Waals surface area contributed by atoms with Gasteiger partial charge >= 0.3 is 0 Å². The number of ether oxygens (including phenoxy) is 3. The molecule has 0 heterocycles. The van der Waals surface area contributed by atoms with E-state index in [1.807, 2.05) is 0 Å². The molecular weight excluding hydrogens is 310 g/mol. The third-order valence-electron chi connectivity index (χ3n) is 2.39. The molecule has 0 spiro atoms. The second-order valence-corrected chi connectivity index (χ2v) is 6.03. The Balaban J connectivity index is 3.11. The van der Waals surface area contributed by atoms with E-state index in [0.717, 1.165) is 0 Å². The van der Waals surface area contributed by atoms with Gasteiger partial charge in [0.15, 0.2) is 11.5 Å². The van der Waals surface area contributed by atoms with Crippen LogP contribution in [0.1, 0.15) is 11.7 Å². The van der Waals surface area contributed by atoms with Gasteiger partial charge in [-0.2, -0.15) is 0 Å². The van der Waals surface area contributed by atoms with Crippen molar-refractivity contribution in [3.8, 4) is 11.5 Å². The highest BCUT2D eigenvalue weighted by molar-refractivity contribution is 6.68. The van der Waals surface area contributed by atoms with Crippen molar-refractivity contribution in [3.63, 3.8) is 0 Å². The first-order chi connectivity index (χ1) is 8.93. The van der Waals surface area contributed by atoms with E-state index >= 15 is 0 Å². The molecule has 0 saturated carbocycles. The van der Waals surface area contributed by atoms with Crippen LogP contribution in [0.3, 0.4) is 0 Å². The third kappa shape index (κ3) is 4.46. The molecule has 0 saturated heterocycles. The van der Waals surface area contributed by atoms with Crippen LogP contribution in [-0.2, 0) is 4.74 Å². The summed E-state index contributed by atoms with van der Waals surface area (Å²) < 4.78 is 14.3. The molecule has 0 amide bonds. The van der Waals surface area contributed by atoms with Crippen LogP contribution < -0.4 is 9.47 Å². The molecule has 6 heteroatoms. The van der Waals surface area contributed by atoms with Crippen molar-refractivity contribution in [2.45, 2.75) is 9.90 Å². The smallest absolute Gasteiger partial charge is 0.220 e. The van der Waals surface area contributed by atoms with Crippen molar-refractivity contribution in [1.29, 1.82) is 0 Å².